The summed E-state index contributed by atoms with van der Waals surface area (Å²) >= 11 is 3.48. The van der Waals surface area contributed by atoms with E-state index in [9.17, 15) is 9.59 Å². The van der Waals surface area contributed by atoms with Gasteiger partial charge in [-0.1, -0.05) is 15.9 Å². The number of benzene rings is 1. The first-order chi connectivity index (χ1) is 10.6. The van der Waals surface area contributed by atoms with Gasteiger partial charge in [0.25, 0.3) is 0 Å². The van der Waals surface area contributed by atoms with Crippen LogP contribution in [0.4, 0.5) is 5.69 Å². The molecule has 6 unspecified atom stereocenters. The van der Waals surface area contributed by atoms with Crippen molar-refractivity contribution in [3.63, 3.8) is 0 Å². The number of aryl methyl sites for hydroxylation is 1. The van der Waals surface area contributed by atoms with Gasteiger partial charge in [-0.05, 0) is 73.6 Å². The van der Waals surface area contributed by atoms with E-state index >= 15 is 0 Å². The maximum Gasteiger partial charge on any atom is 0.237 e. The number of nitrogens with zero attached hydrogens (tertiary/aromatic N) is 1. The molecule has 6 rings (SSSR count). The molecule has 5 fully saturated rings. The van der Waals surface area contributed by atoms with Crippen molar-refractivity contribution in [1.29, 1.82) is 0 Å². The van der Waals surface area contributed by atoms with Crippen LogP contribution in [0.15, 0.2) is 22.7 Å². The number of carbonyl (C=O) groups is 2. The summed E-state index contributed by atoms with van der Waals surface area (Å²) in [6.45, 7) is 1.99. The molecular formula is C18H18BrNO2. The van der Waals surface area contributed by atoms with Crippen LogP contribution in [0.2, 0.25) is 0 Å². The summed E-state index contributed by atoms with van der Waals surface area (Å²) in [5, 5.41) is 0. The second-order valence-electron chi connectivity index (χ2n) is 7.47. The zero-order valence-electron chi connectivity index (χ0n) is 12.5. The third-order valence-electron chi connectivity index (χ3n) is 6.54. The van der Waals surface area contributed by atoms with Crippen molar-refractivity contribution >= 4 is 33.4 Å². The van der Waals surface area contributed by atoms with Gasteiger partial charge in [0.2, 0.25) is 11.8 Å². The van der Waals surface area contributed by atoms with E-state index in [4.69, 9.17) is 0 Å². The minimum atomic E-state index is -0.0287. The van der Waals surface area contributed by atoms with E-state index in [1.54, 1.807) is 0 Å². The van der Waals surface area contributed by atoms with E-state index in [0.29, 0.717) is 11.8 Å². The molecule has 0 radical (unpaired) electrons. The first-order valence-corrected chi connectivity index (χ1v) is 9.01. The van der Waals surface area contributed by atoms with Gasteiger partial charge in [-0.15, -0.1) is 0 Å². The number of carbonyl (C=O) groups excluding carboxylic acids is 2. The summed E-state index contributed by atoms with van der Waals surface area (Å²) in [6.07, 6.45) is 3.57. The minimum Gasteiger partial charge on any atom is -0.274 e. The van der Waals surface area contributed by atoms with Crippen molar-refractivity contribution in [2.24, 2.45) is 35.5 Å². The molecule has 4 aliphatic carbocycles. The van der Waals surface area contributed by atoms with Crippen LogP contribution in [0.3, 0.4) is 0 Å². The maximum atomic E-state index is 13.0. The predicted molar refractivity (Wildman–Crippen MR) is 86.2 cm³/mol. The molecule has 0 spiro atoms. The van der Waals surface area contributed by atoms with Gasteiger partial charge in [0, 0.05) is 4.47 Å². The average Bonchev–Trinajstić information content (AvgIpc) is 3.28. The maximum absolute atomic E-state index is 13.0. The highest BCUT2D eigenvalue weighted by atomic mass is 79.9. The molecule has 22 heavy (non-hydrogen) atoms. The third kappa shape index (κ3) is 1.52. The minimum absolute atomic E-state index is 0.0287. The van der Waals surface area contributed by atoms with Crippen molar-refractivity contribution in [1.82, 2.24) is 0 Å². The Labute approximate surface area is 138 Å². The molecule has 4 saturated carbocycles. The second kappa shape index (κ2) is 4.22. The van der Waals surface area contributed by atoms with Crippen LogP contribution in [0, 0.1) is 42.4 Å². The average molecular weight is 360 g/mol. The number of imide groups is 1. The molecule has 0 aromatic heterocycles. The first-order valence-electron chi connectivity index (χ1n) is 8.22. The Morgan fingerprint density at radius 3 is 2.14 bits per heavy atom. The summed E-state index contributed by atoms with van der Waals surface area (Å²) in [6, 6.07) is 5.76. The Hall–Kier alpha value is -1.16. The molecule has 1 aromatic carbocycles. The number of amides is 2. The van der Waals surface area contributed by atoms with Gasteiger partial charge in [-0.2, -0.15) is 0 Å². The zero-order valence-corrected chi connectivity index (χ0v) is 14.0. The Balaban J connectivity index is 1.57. The molecule has 1 heterocycles. The number of rotatable bonds is 1. The van der Waals surface area contributed by atoms with Gasteiger partial charge >= 0.3 is 0 Å². The van der Waals surface area contributed by atoms with Gasteiger partial charge in [0.15, 0.2) is 0 Å². The van der Waals surface area contributed by atoms with Crippen LogP contribution < -0.4 is 4.90 Å². The lowest BCUT2D eigenvalue weighted by molar-refractivity contribution is -0.129. The number of anilines is 1. The highest BCUT2D eigenvalue weighted by Gasteiger charge is 2.68. The molecule has 4 heteroatoms. The SMILES string of the molecule is Cc1cc(N2C(=O)C3C4CCC(C5CC54)C3C2=O)ccc1Br. The number of hydrogen-bond acceptors (Lipinski definition) is 2. The Kier molecular flexibility index (Phi) is 2.55. The van der Waals surface area contributed by atoms with E-state index in [2.05, 4.69) is 15.9 Å². The highest BCUT2D eigenvalue weighted by Crippen LogP contribution is 2.68. The summed E-state index contributed by atoms with van der Waals surface area (Å²) < 4.78 is 1.01. The number of halogens is 1. The lowest BCUT2D eigenvalue weighted by Crippen LogP contribution is -2.43. The fraction of sp³-hybridized carbons (Fsp3) is 0.556. The van der Waals surface area contributed by atoms with Gasteiger partial charge in [0.05, 0.1) is 17.5 Å². The number of hydrogen-bond donors (Lipinski definition) is 0. The molecule has 114 valence electrons. The molecule has 1 aromatic rings. The van der Waals surface area contributed by atoms with Crippen molar-refractivity contribution in [3.05, 3.63) is 28.2 Å². The van der Waals surface area contributed by atoms with E-state index in [0.717, 1.165) is 40.4 Å². The molecule has 6 atom stereocenters. The van der Waals surface area contributed by atoms with Crippen LogP contribution in [-0.2, 0) is 9.59 Å². The summed E-state index contributed by atoms with van der Waals surface area (Å²) in [7, 11) is 0. The van der Waals surface area contributed by atoms with Gasteiger partial charge < -0.3 is 0 Å². The summed E-state index contributed by atoms with van der Waals surface area (Å²) in [5.41, 5.74) is 1.80. The van der Waals surface area contributed by atoms with E-state index in [1.165, 1.54) is 11.3 Å². The van der Waals surface area contributed by atoms with Crippen LogP contribution in [0.25, 0.3) is 0 Å². The summed E-state index contributed by atoms with van der Waals surface area (Å²) in [4.78, 5) is 27.5. The molecule has 3 nitrogen and oxygen atoms in total. The number of fused-ring (bicyclic) bond motifs is 1. The largest absolute Gasteiger partial charge is 0.274 e. The first kappa shape index (κ1) is 13.3. The topological polar surface area (TPSA) is 37.4 Å². The molecular weight excluding hydrogens is 342 g/mol. The fourth-order valence-corrected chi connectivity index (χ4v) is 5.81. The van der Waals surface area contributed by atoms with Gasteiger partial charge in [0.1, 0.15) is 0 Å². The summed E-state index contributed by atoms with van der Waals surface area (Å²) in [5.74, 6) is 2.49. The standard InChI is InChI=1S/C18H18BrNO2/c1-8-6-9(2-5-14(8)19)20-17(21)15-10-3-4-11(13-7-12(10)13)16(15)18(20)22/h2,5-6,10-13,15-16H,3-4,7H2,1H3. The molecule has 2 amide bonds. The van der Waals surface area contributed by atoms with E-state index in [-0.39, 0.29) is 23.7 Å². The highest BCUT2D eigenvalue weighted by molar-refractivity contribution is 9.10. The normalized spacial score (nSPS) is 41.6. The Bertz CT molecular complexity index is 681. The quantitative estimate of drug-likeness (QED) is 0.719. The predicted octanol–water partition coefficient (Wildman–Crippen LogP) is 3.54. The molecule has 5 aliphatic rings. The zero-order chi connectivity index (χ0) is 15.2. The third-order valence-corrected chi connectivity index (χ3v) is 7.43. The van der Waals surface area contributed by atoms with Crippen LogP contribution in [0.1, 0.15) is 24.8 Å². The van der Waals surface area contributed by atoms with Gasteiger partial charge in [-0.3, -0.25) is 14.5 Å². The van der Waals surface area contributed by atoms with Crippen molar-refractivity contribution < 1.29 is 9.59 Å². The Morgan fingerprint density at radius 1 is 1.00 bits per heavy atom. The van der Waals surface area contributed by atoms with Crippen LogP contribution in [0.5, 0.6) is 0 Å². The van der Waals surface area contributed by atoms with Crippen LogP contribution >= 0.6 is 15.9 Å². The lowest BCUT2D eigenvalue weighted by atomic mass is 9.59. The second-order valence-corrected chi connectivity index (χ2v) is 8.32. The monoisotopic (exact) mass is 359 g/mol. The van der Waals surface area contributed by atoms with Crippen LogP contribution in [-0.4, -0.2) is 11.8 Å². The fourth-order valence-electron chi connectivity index (χ4n) is 5.56. The Morgan fingerprint density at radius 2 is 1.59 bits per heavy atom. The van der Waals surface area contributed by atoms with Crippen molar-refractivity contribution in [2.45, 2.75) is 26.2 Å². The molecule has 0 N–H and O–H groups in total. The lowest BCUT2D eigenvalue weighted by Gasteiger charge is -2.42. The molecule has 2 bridgehead atoms. The van der Waals surface area contributed by atoms with Gasteiger partial charge in [-0.25, -0.2) is 0 Å². The smallest absolute Gasteiger partial charge is 0.237 e. The van der Waals surface area contributed by atoms with E-state index < -0.39 is 0 Å². The molecule has 1 saturated heterocycles. The molecule has 1 aliphatic heterocycles. The van der Waals surface area contributed by atoms with E-state index in [1.807, 2.05) is 25.1 Å². The van der Waals surface area contributed by atoms with Crippen molar-refractivity contribution in [2.75, 3.05) is 4.90 Å². The van der Waals surface area contributed by atoms with Crippen molar-refractivity contribution in [3.8, 4) is 0 Å².